The van der Waals surface area contributed by atoms with Gasteiger partial charge in [-0.25, -0.2) is 0 Å². The lowest BCUT2D eigenvalue weighted by Gasteiger charge is -2.37. The maximum Gasteiger partial charge on any atom is 0.416 e. The number of pyridine rings is 1. The van der Waals surface area contributed by atoms with Crippen LogP contribution in [0.25, 0.3) is 0 Å². The zero-order valence-corrected chi connectivity index (χ0v) is 8.01. The number of hydrogen-bond acceptors (Lipinski definition) is 2. The van der Waals surface area contributed by atoms with E-state index in [0.717, 1.165) is 18.6 Å². The van der Waals surface area contributed by atoms with E-state index in [-0.39, 0.29) is 0 Å². The summed E-state index contributed by atoms with van der Waals surface area (Å²) in [5.74, 6) is 0. The molecule has 1 saturated carbocycles. The van der Waals surface area contributed by atoms with Crippen LogP contribution in [-0.2, 0) is 11.7 Å². The number of nitrogens with zero attached hydrogens (tertiary/aromatic N) is 1. The Bertz CT molecular complexity index is 369. The summed E-state index contributed by atoms with van der Waals surface area (Å²) in [5, 5.41) is 0. The lowest BCUT2D eigenvalue weighted by atomic mass is 9.75. The summed E-state index contributed by atoms with van der Waals surface area (Å²) in [7, 11) is 0. The molecule has 0 spiro atoms. The van der Waals surface area contributed by atoms with Crippen molar-refractivity contribution >= 4 is 0 Å². The van der Waals surface area contributed by atoms with Crippen LogP contribution in [0.1, 0.15) is 30.5 Å². The molecule has 0 bridgehead atoms. The quantitative estimate of drug-likeness (QED) is 0.783. The van der Waals surface area contributed by atoms with Crippen molar-refractivity contribution in [1.82, 2.24) is 4.98 Å². The first kappa shape index (κ1) is 10.4. The van der Waals surface area contributed by atoms with Gasteiger partial charge in [-0.3, -0.25) is 4.98 Å². The van der Waals surface area contributed by atoms with Crippen molar-refractivity contribution in [2.24, 2.45) is 5.73 Å². The van der Waals surface area contributed by atoms with Gasteiger partial charge in [0.2, 0.25) is 0 Å². The van der Waals surface area contributed by atoms with Crippen LogP contribution in [0.5, 0.6) is 0 Å². The Kier molecular flexibility index (Phi) is 2.22. The minimum absolute atomic E-state index is 0.351. The van der Waals surface area contributed by atoms with Gasteiger partial charge in [0.25, 0.3) is 0 Å². The second-order valence-electron chi connectivity index (χ2n) is 3.94. The van der Waals surface area contributed by atoms with Crippen molar-refractivity contribution in [1.29, 1.82) is 0 Å². The zero-order chi connectivity index (χ0) is 11.1. The molecule has 15 heavy (non-hydrogen) atoms. The summed E-state index contributed by atoms with van der Waals surface area (Å²) in [4.78, 5) is 3.92. The van der Waals surface area contributed by atoms with E-state index in [1.54, 1.807) is 0 Å². The van der Waals surface area contributed by atoms with Crippen molar-refractivity contribution in [2.75, 3.05) is 0 Å². The molecule has 2 nitrogen and oxygen atoms in total. The average Bonchev–Trinajstić information content (AvgIpc) is 2.13. The highest BCUT2D eigenvalue weighted by molar-refractivity contribution is 5.26. The fourth-order valence-electron chi connectivity index (χ4n) is 1.69. The molecule has 1 heterocycles. The molecule has 0 radical (unpaired) electrons. The smallest absolute Gasteiger partial charge is 0.320 e. The molecule has 82 valence electrons. The monoisotopic (exact) mass is 216 g/mol. The molecule has 0 saturated heterocycles. The number of rotatable bonds is 1. The van der Waals surface area contributed by atoms with E-state index in [2.05, 4.69) is 4.98 Å². The summed E-state index contributed by atoms with van der Waals surface area (Å²) in [6.45, 7) is 0. The molecule has 1 aliphatic carbocycles. The molecule has 0 aromatic carbocycles. The number of nitrogens with two attached hydrogens (primary N) is 1. The van der Waals surface area contributed by atoms with Gasteiger partial charge in [-0.05, 0) is 31.4 Å². The predicted molar refractivity (Wildman–Crippen MR) is 49.0 cm³/mol. The number of hydrogen-bond donors (Lipinski definition) is 1. The van der Waals surface area contributed by atoms with Crippen LogP contribution in [0.2, 0.25) is 0 Å². The van der Waals surface area contributed by atoms with Gasteiger partial charge in [-0.2, -0.15) is 13.2 Å². The molecule has 1 aromatic rings. The van der Waals surface area contributed by atoms with Gasteiger partial charge in [0.1, 0.15) is 0 Å². The molecule has 5 heteroatoms. The Balaban J connectivity index is 2.35. The fraction of sp³-hybridized carbons (Fsp3) is 0.500. The summed E-state index contributed by atoms with van der Waals surface area (Å²) in [6, 6.07) is 2.02. The molecule has 0 aliphatic heterocycles. The Morgan fingerprint density at radius 2 is 2.00 bits per heavy atom. The summed E-state index contributed by atoms with van der Waals surface area (Å²) in [6.07, 6.45) is -0.778. The third-order valence-corrected chi connectivity index (χ3v) is 2.84. The topological polar surface area (TPSA) is 38.9 Å². The first-order valence-electron chi connectivity index (χ1n) is 4.74. The van der Waals surface area contributed by atoms with Gasteiger partial charge >= 0.3 is 6.18 Å². The third kappa shape index (κ3) is 1.84. The average molecular weight is 216 g/mol. The Hall–Kier alpha value is -1.10. The van der Waals surface area contributed by atoms with E-state index in [1.807, 2.05) is 0 Å². The van der Waals surface area contributed by atoms with E-state index >= 15 is 0 Å². The molecule has 0 amide bonds. The second kappa shape index (κ2) is 3.20. The fourth-order valence-corrected chi connectivity index (χ4v) is 1.69. The largest absolute Gasteiger partial charge is 0.416 e. The van der Waals surface area contributed by atoms with Crippen molar-refractivity contribution in [3.05, 3.63) is 29.6 Å². The Morgan fingerprint density at radius 1 is 1.33 bits per heavy atom. The van der Waals surface area contributed by atoms with Crippen molar-refractivity contribution in [2.45, 2.75) is 31.0 Å². The van der Waals surface area contributed by atoms with Crippen LogP contribution in [0.15, 0.2) is 18.3 Å². The van der Waals surface area contributed by atoms with Gasteiger partial charge in [0.15, 0.2) is 0 Å². The maximum absolute atomic E-state index is 12.4. The van der Waals surface area contributed by atoms with Gasteiger partial charge in [0, 0.05) is 6.20 Å². The first-order valence-corrected chi connectivity index (χ1v) is 4.74. The van der Waals surface area contributed by atoms with Crippen LogP contribution in [0.3, 0.4) is 0 Å². The molecular weight excluding hydrogens is 205 g/mol. The molecule has 2 N–H and O–H groups in total. The number of alkyl halides is 3. The SMILES string of the molecule is NC1(c2cc(C(F)(F)F)ccn2)CCC1. The number of halogens is 3. The van der Waals surface area contributed by atoms with Crippen LogP contribution < -0.4 is 5.73 Å². The Labute approximate surface area is 85.3 Å². The van der Waals surface area contributed by atoms with Gasteiger partial charge in [-0.1, -0.05) is 0 Å². The number of aromatic nitrogens is 1. The molecule has 1 aromatic heterocycles. The van der Waals surface area contributed by atoms with E-state index in [1.165, 1.54) is 6.20 Å². The highest BCUT2D eigenvalue weighted by atomic mass is 19.4. The van der Waals surface area contributed by atoms with Crippen molar-refractivity contribution in [3.8, 4) is 0 Å². The van der Waals surface area contributed by atoms with E-state index in [0.29, 0.717) is 18.5 Å². The van der Waals surface area contributed by atoms with Gasteiger partial charge in [-0.15, -0.1) is 0 Å². The second-order valence-corrected chi connectivity index (χ2v) is 3.94. The lowest BCUT2D eigenvalue weighted by Crippen LogP contribution is -2.44. The van der Waals surface area contributed by atoms with Crippen molar-refractivity contribution in [3.63, 3.8) is 0 Å². The van der Waals surface area contributed by atoms with E-state index in [9.17, 15) is 13.2 Å². The molecular formula is C10H11F3N2. The summed E-state index contributed by atoms with van der Waals surface area (Å²) in [5.41, 5.74) is 4.94. The highest BCUT2D eigenvalue weighted by Crippen LogP contribution is 2.39. The van der Waals surface area contributed by atoms with Crippen molar-refractivity contribution < 1.29 is 13.2 Å². The molecule has 1 fully saturated rings. The minimum atomic E-state index is -4.32. The van der Waals surface area contributed by atoms with Crippen LogP contribution in [-0.4, -0.2) is 4.98 Å². The zero-order valence-electron chi connectivity index (χ0n) is 8.01. The Morgan fingerprint density at radius 3 is 2.47 bits per heavy atom. The van der Waals surface area contributed by atoms with Gasteiger partial charge < -0.3 is 5.73 Å². The standard InChI is InChI=1S/C10H11F3N2/c11-10(12,13)7-2-5-15-8(6-7)9(14)3-1-4-9/h2,5-6H,1,3-4,14H2. The van der Waals surface area contributed by atoms with Gasteiger partial charge in [0.05, 0.1) is 16.8 Å². The summed E-state index contributed by atoms with van der Waals surface area (Å²) < 4.78 is 37.2. The third-order valence-electron chi connectivity index (χ3n) is 2.84. The molecule has 0 atom stereocenters. The minimum Gasteiger partial charge on any atom is -0.320 e. The maximum atomic E-state index is 12.4. The highest BCUT2D eigenvalue weighted by Gasteiger charge is 2.38. The van der Waals surface area contributed by atoms with E-state index < -0.39 is 17.3 Å². The molecule has 2 rings (SSSR count). The normalized spacial score (nSPS) is 19.7. The molecule has 0 unspecified atom stereocenters. The lowest BCUT2D eigenvalue weighted by molar-refractivity contribution is -0.137. The van der Waals surface area contributed by atoms with Crippen LogP contribution in [0.4, 0.5) is 13.2 Å². The molecule has 1 aliphatic rings. The van der Waals surface area contributed by atoms with Crippen LogP contribution in [0, 0.1) is 0 Å². The predicted octanol–water partition coefficient (Wildman–Crippen LogP) is 2.44. The van der Waals surface area contributed by atoms with E-state index in [4.69, 9.17) is 5.73 Å². The first-order chi connectivity index (χ1) is 6.92. The van der Waals surface area contributed by atoms with Crippen LogP contribution >= 0.6 is 0 Å². The summed E-state index contributed by atoms with van der Waals surface area (Å²) >= 11 is 0.